The van der Waals surface area contributed by atoms with Gasteiger partial charge in [0.1, 0.15) is 17.1 Å². The van der Waals surface area contributed by atoms with Crippen LogP contribution in [0.3, 0.4) is 0 Å². The molecule has 0 aliphatic carbocycles. The molecule has 0 saturated carbocycles. The van der Waals surface area contributed by atoms with Crippen LogP contribution in [0, 0.1) is 0 Å². The molecule has 0 saturated heterocycles. The average molecular weight is 360 g/mol. The largest absolute Gasteiger partial charge is 0.497 e. The molecule has 0 bridgehead atoms. The highest BCUT2D eigenvalue weighted by Crippen LogP contribution is 2.32. The van der Waals surface area contributed by atoms with Crippen molar-refractivity contribution in [2.75, 3.05) is 7.11 Å². The molecular weight excluding hydrogens is 340 g/mol. The summed E-state index contributed by atoms with van der Waals surface area (Å²) < 4.78 is 40.9. The van der Waals surface area contributed by atoms with Crippen molar-refractivity contribution < 1.29 is 22.1 Å². The van der Waals surface area contributed by atoms with E-state index in [2.05, 4.69) is 0 Å². The van der Waals surface area contributed by atoms with E-state index in [1.807, 2.05) is 26.0 Å². The molecule has 1 aliphatic heterocycles. The van der Waals surface area contributed by atoms with E-state index in [1.165, 1.54) is 6.07 Å². The minimum absolute atomic E-state index is 0.0389. The monoisotopic (exact) mass is 360 g/mol. The van der Waals surface area contributed by atoms with Crippen LogP contribution in [0.4, 0.5) is 0 Å². The lowest BCUT2D eigenvalue weighted by atomic mass is 10.0. The van der Waals surface area contributed by atoms with E-state index < -0.39 is 15.7 Å². The Hall–Kier alpha value is -2.31. The van der Waals surface area contributed by atoms with Crippen LogP contribution < -0.4 is 9.47 Å². The number of benzene rings is 2. The van der Waals surface area contributed by atoms with Crippen molar-refractivity contribution in [3.05, 3.63) is 59.7 Å². The fourth-order valence-corrected chi connectivity index (χ4v) is 3.38. The van der Waals surface area contributed by atoms with Crippen molar-refractivity contribution >= 4 is 16.2 Å². The summed E-state index contributed by atoms with van der Waals surface area (Å²) in [5.74, 6) is 1.36. The molecule has 0 aromatic heterocycles. The maximum atomic E-state index is 12.4. The Labute approximate surface area is 148 Å². The van der Waals surface area contributed by atoms with Gasteiger partial charge in [-0.25, -0.2) is 0 Å². The summed E-state index contributed by atoms with van der Waals surface area (Å²) in [6.07, 6.45) is 3.76. The number of fused-ring (bicyclic) bond motifs is 1. The lowest BCUT2D eigenvalue weighted by Crippen LogP contribution is -2.27. The summed E-state index contributed by atoms with van der Waals surface area (Å²) >= 11 is 0. The van der Waals surface area contributed by atoms with Crippen molar-refractivity contribution in [3.63, 3.8) is 0 Å². The third kappa shape index (κ3) is 4.03. The predicted molar refractivity (Wildman–Crippen MR) is 95.2 cm³/mol. The number of hydrogen-bond acceptors (Lipinski definition) is 5. The smallest absolute Gasteiger partial charge is 0.297 e. The molecule has 1 heterocycles. The predicted octanol–water partition coefficient (Wildman–Crippen LogP) is 3.78. The summed E-state index contributed by atoms with van der Waals surface area (Å²) in [5, 5.41) is 0. The molecule has 6 heteroatoms. The van der Waals surface area contributed by atoms with Gasteiger partial charge in [-0.1, -0.05) is 18.2 Å². The van der Waals surface area contributed by atoms with Crippen LogP contribution in [0.25, 0.3) is 6.08 Å². The van der Waals surface area contributed by atoms with Gasteiger partial charge in [-0.2, -0.15) is 8.42 Å². The van der Waals surface area contributed by atoms with Crippen molar-refractivity contribution in [2.24, 2.45) is 0 Å². The summed E-state index contributed by atoms with van der Waals surface area (Å²) in [7, 11) is -2.28. The molecule has 0 atom stereocenters. The minimum Gasteiger partial charge on any atom is -0.497 e. The first-order chi connectivity index (χ1) is 11.8. The molecule has 0 N–H and O–H groups in total. The molecule has 132 valence electrons. The van der Waals surface area contributed by atoms with Gasteiger partial charge in [-0.05, 0) is 55.8 Å². The van der Waals surface area contributed by atoms with E-state index in [9.17, 15) is 8.42 Å². The molecule has 5 nitrogen and oxygen atoms in total. The normalized spacial score (nSPS) is 15.3. The highest BCUT2D eigenvalue weighted by Gasteiger charge is 2.24. The molecule has 0 unspecified atom stereocenters. The van der Waals surface area contributed by atoms with Gasteiger partial charge in [-0.3, -0.25) is 4.18 Å². The zero-order chi connectivity index (χ0) is 18.1. The standard InChI is InChI=1S/C19H20O5S/c1-19(2)11-10-15-12-17(8-9-18(15)24-19)25(20,21)23-13-14-4-6-16(22-3)7-5-14/h4-12H,13H2,1-3H3. The van der Waals surface area contributed by atoms with Crippen molar-refractivity contribution in [2.45, 2.75) is 31.0 Å². The SMILES string of the molecule is COc1ccc(COS(=O)(=O)c2ccc3c(c2)C=CC(C)(C)O3)cc1. The fraction of sp³-hybridized carbons (Fsp3) is 0.263. The second-order valence-electron chi connectivity index (χ2n) is 6.30. The molecule has 2 aromatic rings. The maximum absolute atomic E-state index is 12.4. The second-order valence-corrected chi connectivity index (χ2v) is 7.92. The van der Waals surface area contributed by atoms with E-state index in [1.54, 1.807) is 43.5 Å². The van der Waals surface area contributed by atoms with Crippen molar-refractivity contribution in [3.8, 4) is 11.5 Å². The molecule has 25 heavy (non-hydrogen) atoms. The van der Waals surface area contributed by atoms with Crippen molar-refractivity contribution in [1.82, 2.24) is 0 Å². The van der Waals surface area contributed by atoms with Gasteiger partial charge in [0.15, 0.2) is 0 Å². The molecule has 1 aliphatic rings. The zero-order valence-corrected chi connectivity index (χ0v) is 15.2. The van der Waals surface area contributed by atoms with Crippen LogP contribution in [0.5, 0.6) is 11.5 Å². The molecule has 2 aromatic carbocycles. The quantitative estimate of drug-likeness (QED) is 0.759. The van der Waals surface area contributed by atoms with Crippen LogP contribution in [0.2, 0.25) is 0 Å². The Bertz CT molecular complexity index is 896. The van der Waals surface area contributed by atoms with Crippen LogP contribution in [0.1, 0.15) is 25.0 Å². The third-order valence-corrected chi connectivity index (χ3v) is 5.11. The van der Waals surface area contributed by atoms with E-state index in [4.69, 9.17) is 13.7 Å². The number of ether oxygens (including phenoxy) is 2. The van der Waals surface area contributed by atoms with Gasteiger partial charge >= 0.3 is 0 Å². The minimum atomic E-state index is -3.86. The number of hydrogen-bond donors (Lipinski definition) is 0. The van der Waals surface area contributed by atoms with Crippen LogP contribution >= 0.6 is 0 Å². The first-order valence-corrected chi connectivity index (χ1v) is 9.25. The molecular formula is C19H20O5S. The van der Waals surface area contributed by atoms with E-state index in [-0.39, 0.29) is 11.5 Å². The molecule has 3 rings (SSSR count). The third-order valence-electron chi connectivity index (χ3n) is 3.85. The van der Waals surface area contributed by atoms with Gasteiger partial charge < -0.3 is 9.47 Å². The van der Waals surface area contributed by atoms with E-state index in [0.717, 1.165) is 5.56 Å². The summed E-state index contributed by atoms with van der Waals surface area (Å²) in [6.45, 7) is 3.84. The average Bonchev–Trinajstić information content (AvgIpc) is 2.59. The van der Waals surface area contributed by atoms with Crippen LogP contribution in [0.15, 0.2) is 53.4 Å². The summed E-state index contributed by atoms with van der Waals surface area (Å²) in [6, 6.07) is 11.8. The number of methoxy groups -OCH3 is 1. The van der Waals surface area contributed by atoms with Crippen LogP contribution in [-0.4, -0.2) is 21.1 Å². The number of rotatable bonds is 5. The van der Waals surface area contributed by atoms with Crippen molar-refractivity contribution in [1.29, 1.82) is 0 Å². The van der Waals surface area contributed by atoms with Gasteiger partial charge in [-0.15, -0.1) is 0 Å². The van der Waals surface area contributed by atoms with Gasteiger partial charge in [0, 0.05) is 5.56 Å². The highest BCUT2D eigenvalue weighted by molar-refractivity contribution is 7.86. The van der Waals surface area contributed by atoms with Gasteiger partial charge in [0.2, 0.25) is 0 Å². The Morgan fingerprint density at radius 3 is 2.48 bits per heavy atom. The van der Waals surface area contributed by atoms with E-state index in [0.29, 0.717) is 17.1 Å². The lowest BCUT2D eigenvalue weighted by molar-refractivity contribution is 0.159. The first kappa shape index (κ1) is 17.5. The zero-order valence-electron chi connectivity index (χ0n) is 14.4. The fourth-order valence-electron chi connectivity index (χ4n) is 2.45. The molecule has 0 amide bonds. The van der Waals surface area contributed by atoms with E-state index >= 15 is 0 Å². The van der Waals surface area contributed by atoms with Crippen LogP contribution in [-0.2, 0) is 20.9 Å². The Balaban J connectivity index is 1.76. The highest BCUT2D eigenvalue weighted by atomic mass is 32.2. The van der Waals surface area contributed by atoms with Gasteiger partial charge in [0.25, 0.3) is 10.1 Å². The lowest BCUT2D eigenvalue weighted by Gasteiger charge is -2.27. The maximum Gasteiger partial charge on any atom is 0.297 e. The van der Waals surface area contributed by atoms with Gasteiger partial charge in [0.05, 0.1) is 18.6 Å². The Morgan fingerprint density at radius 1 is 1.08 bits per heavy atom. The molecule has 0 spiro atoms. The molecule has 0 fully saturated rings. The second kappa shape index (κ2) is 6.54. The Morgan fingerprint density at radius 2 is 1.80 bits per heavy atom. The molecule has 0 radical (unpaired) electrons. The first-order valence-electron chi connectivity index (χ1n) is 7.84. The summed E-state index contributed by atoms with van der Waals surface area (Å²) in [4.78, 5) is 0.104. The Kier molecular flexibility index (Phi) is 4.58. The summed E-state index contributed by atoms with van der Waals surface area (Å²) in [5.41, 5.74) is 1.05. The topological polar surface area (TPSA) is 61.8 Å².